The molecule has 0 spiro atoms. The number of nitriles is 1. The Labute approximate surface area is 103 Å². The summed E-state index contributed by atoms with van der Waals surface area (Å²) >= 11 is 0. The van der Waals surface area contributed by atoms with Crippen molar-refractivity contribution < 1.29 is 4.39 Å². The molecule has 18 heavy (non-hydrogen) atoms. The van der Waals surface area contributed by atoms with Gasteiger partial charge in [0.15, 0.2) is 5.82 Å². The summed E-state index contributed by atoms with van der Waals surface area (Å²) in [4.78, 5) is 1.84. The molecule has 1 aromatic heterocycles. The van der Waals surface area contributed by atoms with E-state index in [1.807, 2.05) is 4.90 Å². The van der Waals surface area contributed by atoms with Gasteiger partial charge in [0.25, 0.3) is 0 Å². The second kappa shape index (κ2) is 4.08. The van der Waals surface area contributed by atoms with E-state index in [0.717, 1.165) is 17.7 Å². The van der Waals surface area contributed by atoms with Gasteiger partial charge in [0.05, 0.1) is 11.8 Å². The lowest BCUT2D eigenvalue weighted by Gasteiger charge is -2.18. The first-order valence-electron chi connectivity index (χ1n) is 5.57. The number of hydrogen-bond donors (Lipinski definition) is 0. The standard InChI is InChI=1S/C13H9FN4/c14-11-2-1-9-4-6-18(12(9)7-11)13-10(8-15)3-5-16-17-13/h1-3,5,7H,4,6H2. The first-order chi connectivity index (χ1) is 8.79. The fraction of sp³-hybridized carbons (Fsp3) is 0.154. The van der Waals surface area contributed by atoms with Crippen LogP contribution in [0.4, 0.5) is 15.9 Å². The Morgan fingerprint density at radius 3 is 3.06 bits per heavy atom. The van der Waals surface area contributed by atoms with E-state index in [9.17, 15) is 4.39 Å². The average molecular weight is 240 g/mol. The summed E-state index contributed by atoms with van der Waals surface area (Å²) in [6.45, 7) is 0.687. The van der Waals surface area contributed by atoms with Crippen LogP contribution in [0.25, 0.3) is 0 Å². The predicted octanol–water partition coefficient (Wildman–Crippen LogP) is 2.18. The zero-order valence-corrected chi connectivity index (χ0v) is 9.47. The van der Waals surface area contributed by atoms with Crippen LogP contribution in [0.1, 0.15) is 11.1 Å². The van der Waals surface area contributed by atoms with E-state index in [1.54, 1.807) is 12.1 Å². The van der Waals surface area contributed by atoms with Gasteiger partial charge in [0, 0.05) is 12.2 Å². The van der Waals surface area contributed by atoms with Crippen LogP contribution in [0, 0.1) is 17.1 Å². The van der Waals surface area contributed by atoms with Crippen molar-refractivity contribution in [1.82, 2.24) is 10.2 Å². The number of halogens is 1. The highest BCUT2D eigenvalue weighted by Gasteiger charge is 2.24. The zero-order chi connectivity index (χ0) is 12.5. The summed E-state index contributed by atoms with van der Waals surface area (Å²) in [6.07, 6.45) is 2.29. The van der Waals surface area contributed by atoms with Crippen molar-refractivity contribution in [3.8, 4) is 6.07 Å². The van der Waals surface area contributed by atoms with Crippen LogP contribution in [0.5, 0.6) is 0 Å². The van der Waals surface area contributed by atoms with Crippen LogP contribution in [-0.2, 0) is 6.42 Å². The molecule has 2 heterocycles. The van der Waals surface area contributed by atoms with E-state index in [-0.39, 0.29) is 5.82 Å². The van der Waals surface area contributed by atoms with Gasteiger partial charge < -0.3 is 4.90 Å². The number of anilines is 2. The molecule has 0 saturated carbocycles. The number of aromatic nitrogens is 2. The second-order valence-electron chi connectivity index (χ2n) is 4.05. The van der Waals surface area contributed by atoms with Crippen molar-refractivity contribution in [3.05, 3.63) is 47.4 Å². The predicted molar refractivity (Wildman–Crippen MR) is 63.9 cm³/mol. The lowest BCUT2D eigenvalue weighted by Crippen LogP contribution is -2.16. The Bertz CT molecular complexity index is 648. The minimum Gasteiger partial charge on any atom is -0.323 e. The molecule has 4 nitrogen and oxygen atoms in total. The smallest absolute Gasteiger partial charge is 0.173 e. The first kappa shape index (κ1) is 10.7. The summed E-state index contributed by atoms with van der Waals surface area (Å²) in [5.74, 6) is 0.201. The van der Waals surface area contributed by atoms with Gasteiger partial charge in [0.1, 0.15) is 11.9 Å². The molecular weight excluding hydrogens is 231 g/mol. The van der Waals surface area contributed by atoms with Crippen LogP contribution in [0.2, 0.25) is 0 Å². The van der Waals surface area contributed by atoms with Crippen molar-refractivity contribution in [1.29, 1.82) is 5.26 Å². The topological polar surface area (TPSA) is 52.8 Å². The van der Waals surface area contributed by atoms with E-state index in [0.29, 0.717) is 17.9 Å². The van der Waals surface area contributed by atoms with E-state index < -0.39 is 0 Å². The average Bonchev–Trinajstić information content (AvgIpc) is 2.81. The molecule has 0 atom stereocenters. The Hall–Kier alpha value is -2.48. The molecule has 2 aromatic rings. The summed E-state index contributed by atoms with van der Waals surface area (Å²) in [7, 11) is 0. The van der Waals surface area contributed by atoms with Crippen molar-refractivity contribution in [2.45, 2.75) is 6.42 Å². The molecule has 1 aromatic carbocycles. The highest BCUT2D eigenvalue weighted by molar-refractivity contribution is 5.70. The number of rotatable bonds is 1. The van der Waals surface area contributed by atoms with Gasteiger partial charge >= 0.3 is 0 Å². The molecule has 1 aliphatic rings. The molecule has 0 bridgehead atoms. The van der Waals surface area contributed by atoms with Crippen molar-refractivity contribution >= 4 is 11.5 Å². The van der Waals surface area contributed by atoms with E-state index in [4.69, 9.17) is 5.26 Å². The summed E-state index contributed by atoms with van der Waals surface area (Å²) in [6, 6.07) is 8.38. The maximum absolute atomic E-state index is 13.3. The van der Waals surface area contributed by atoms with Crippen LogP contribution in [0.15, 0.2) is 30.5 Å². The zero-order valence-electron chi connectivity index (χ0n) is 9.47. The molecule has 0 fully saturated rings. The lowest BCUT2D eigenvalue weighted by molar-refractivity contribution is 0.628. The fourth-order valence-corrected chi connectivity index (χ4v) is 2.18. The van der Waals surface area contributed by atoms with E-state index in [1.165, 1.54) is 18.3 Å². The molecule has 0 unspecified atom stereocenters. The quantitative estimate of drug-likeness (QED) is 0.766. The molecule has 0 saturated heterocycles. The monoisotopic (exact) mass is 240 g/mol. The van der Waals surface area contributed by atoms with E-state index >= 15 is 0 Å². The van der Waals surface area contributed by atoms with E-state index in [2.05, 4.69) is 16.3 Å². The molecular formula is C13H9FN4. The van der Waals surface area contributed by atoms with Gasteiger partial charge in [-0.15, -0.1) is 5.10 Å². The second-order valence-corrected chi connectivity index (χ2v) is 4.05. The van der Waals surface area contributed by atoms with Gasteiger partial charge in [-0.25, -0.2) is 4.39 Å². The minimum absolute atomic E-state index is 0.289. The van der Waals surface area contributed by atoms with Crippen LogP contribution >= 0.6 is 0 Å². The molecule has 5 heteroatoms. The number of hydrogen-bond acceptors (Lipinski definition) is 4. The Morgan fingerprint density at radius 1 is 1.33 bits per heavy atom. The first-order valence-corrected chi connectivity index (χ1v) is 5.57. The minimum atomic E-state index is -0.289. The van der Waals surface area contributed by atoms with Crippen molar-refractivity contribution in [2.24, 2.45) is 0 Å². The largest absolute Gasteiger partial charge is 0.323 e. The third-order valence-electron chi connectivity index (χ3n) is 3.02. The third-order valence-corrected chi connectivity index (χ3v) is 3.02. The van der Waals surface area contributed by atoms with Gasteiger partial charge in [0.2, 0.25) is 0 Å². The Balaban J connectivity index is 2.12. The van der Waals surface area contributed by atoms with Gasteiger partial charge in [-0.2, -0.15) is 10.4 Å². The normalized spacial score (nSPS) is 13.2. The molecule has 88 valence electrons. The van der Waals surface area contributed by atoms with Gasteiger partial charge in [-0.05, 0) is 30.2 Å². The summed E-state index contributed by atoms with van der Waals surface area (Å²) < 4.78 is 13.3. The lowest BCUT2D eigenvalue weighted by atomic mass is 10.1. The molecule has 3 rings (SSSR count). The molecule has 0 radical (unpaired) electrons. The van der Waals surface area contributed by atoms with Crippen LogP contribution in [-0.4, -0.2) is 16.7 Å². The van der Waals surface area contributed by atoms with Gasteiger partial charge in [-0.3, -0.25) is 0 Å². The maximum atomic E-state index is 13.3. The third kappa shape index (κ3) is 1.59. The molecule has 0 N–H and O–H groups in total. The van der Waals surface area contributed by atoms with Crippen molar-refractivity contribution in [3.63, 3.8) is 0 Å². The van der Waals surface area contributed by atoms with Crippen LogP contribution in [0.3, 0.4) is 0 Å². The number of nitrogens with zero attached hydrogens (tertiary/aromatic N) is 4. The molecule has 0 aliphatic carbocycles. The fourth-order valence-electron chi connectivity index (χ4n) is 2.18. The van der Waals surface area contributed by atoms with Crippen LogP contribution < -0.4 is 4.90 Å². The molecule has 0 amide bonds. The maximum Gasteiger partial charge on any atom is 0.173 e. The molecule has 1 aliphatic heterocycles. The highest BCUT2D eigenvalue weighted by Crippen LogP contribution is 2.34. The van der Waals surface area contributed by atoms with Gasteiger partial charge in [-0.1, -0.05) is 6.07 Å². The highest BCUT2D eigenvalue weighted by atomic mass is 19.1. The number of benzene rings is 1. The SMILES string of the molecule is N#Cc1ccnnc1N1CCc2ccc(F)cc21. The summed E-state index contributed by atoms with van der Waals surface area (Å²) in [5, 5.41) is 16.9. The summed E-state index contributed by atoms with van der Waals surface area (Å²) in [5.41, 5.74) is 2.28. The van der Waals surface area contributed by atoms with Crippen molar-refractivity contribution in [2.75, 3.05) is 11.4 Å². The Morgan fingerprint density at radius 2 is 2.22 bits per heavy atom. The Kier molecular flexibility index (Phi) is 2.41. The number of fused-ring (bicyclic) bond motifs is 1.